The Hall–Kier alpha value is -1.15. The Kier molecular flexibility index (Phi) is 13.5. The van der Waals surface area contributed by atoms with E-state index < -0.39 is 6.09 Å². The number of nitrogens with two attached hydrogens (primary N) is 3. The van der Waals surface area contributed by atoms with Crippen LogP contribution in [0.15, 0.2) is 11.6 Å². The molecular formula is C34H63N3O4. The van der Waals surface area contributed by atoms with Crippen molar-refractivity contribution >= 4 is 6.09 Å². The van der Waals surface area contributed by atoms with E-state index >= 15 is 0 Å². The van der Waals surface area contributed by atoms with Gasteiger partial charge in [-0.05, 0) is 91.3 Å². The first kappa shape index (κ1) is 34.3. The summed E-state index contributed by atoms with van der Waals surface area (Å²) in [7, 11) is 0. The zero-order valence-corrected chi connectivity index (χ0v) is 27.0. The predicted molar refractivity (Wildman–Crippen MR) is 167 cm³/mol. The van der Waals surface area contributed by atoms with E-state index in [1.165, 1.54) is 51.4 Å². The van der Waals surface area contributed by atoms with Crippen LogP contribution in [0.1, 0.15) is 105 Å². The molecule has 8 atom stereocenters. The summed E-state index contributed by atoms with van der Waals surface area (Å²) in [6, 6.07) is 0. The van der Waals surface area contributed by atoms with E-state index in [1.54, 1.807) is 5.57 Å². The molecular weight excluding hydrogens is 514 g/mol. The molecule has 7 nitrogen and oxygen atoms in total. The maximum atomic E-state index is 11.3. The highest BCUT2D eigenvalue weighted by molar-refractivity contribution is 5.64. The Morgan fingerprint density at radius 1 is 0.927 bits per heavy atom. The summed E-state index contributed by atoms with van der Waals surface area (Å²) in [5.74, 6) is 5.20. The summed E-state index contributed by atoms with van der Waals surface area (Å²) in [4.78, 5) is 11.3. The monoisotopic (exact) mass is 577 g/mol. The number of carbonyl (C=O) groups excluding carboxylic acids is 1. The molecule has 0 aliphatic heterocycles. The van der Waals surface area contributed by atoms with Gasteiger partial charge in [-0.1, -0.05) is 65.5 Å². The highest BCUT2D eigenvalue weighted by atomic mass is 16.6. The van der Waals surface area contributed by atoms with E-state index in [2.05, 4.69) is 40.7 Å². The zero-order chi connectivity index (χ0) is 30.0. The third kappa shape index (κ3) is 8.70. The van der Waals surface area contributed by atoms with Gasteiger partial charge in [0.1, 0.15) is 6.10 Å². The minimum absolute atomic E-state index is 0.00946. The van der Waals surface area contributed by atoms with Crippen LogP contribution in [0.5, 0.6) is 0 Å². The standard InChI is InChI=1S/C28H47NO2.C6H16N2O2/c1-18(2)7-6-8-19(3)23-11-12-24-22-10-9-20-17-21(31-26(29)30)13-15-27(20,4)25(22)14-16-28(23,24)5;7-1-3-9-5-6-10-4-2-8/h9,18-19,21-25H,6-8,10-17H2,1-5H3,(H2,29,30);1-8H2/t19-,21?,22?,23-,24?,25?,27+,28-;/m1./s1. The molecule has 0 heterocycles. The van der Waals surface area contributed by atoms with Gasteiger partial charge in [-0.25, -0.2) is 4.79 Å². The first-order valence-corrected chi connectivity index (χ1v) is 16.8. The molecule has 0 radical (unpaired) electrons. The van der Waals surface area contributed by atoms with Gasteiger partial charge in [-0.3, -0.25) is 0 Å². The van der Waals surface area contributed by atoms with Crippen LogP contribution in [0.3, 0.4) is 0 Å². The normalized spacial score (nSPS) is 34.9. The van der Waals surface area contributed by atoms with Gasteiger partial charge < -0.3 is 31.4 Å². The molecule has 6 N–H and O–H groups in total. The second-order valence-electron chi connectivity index (χ2n) is 14.4. The van der Waals surface area contributed by atoms with Crippen molar-refractivity contribution < 1.29 is 19.0 Å². The first-order valence-electron chi connectivity index (χ1n) is 16.8. The Labute approximate surface area is 251 Å². The van der Waals surface area contributed by atoms with E-state index in [4.69, 9.17) is 31.4 Å². The Bertz CT molecular complexity index is 827. The van der Waals surface area contributed by atoms with Crippen LogP contribution in [-0.2, 0) is 14.2 Å². The highest BCUT2D eigenvalue weighted by Crippen LogP contribution is 2.67. The van der Waals surface area contributed by atoms with E-state index in [9.17, 15) is 4.79 Å². The largest absolute Gasteiger partial charge is 0.446 e. The lowest BCUT2D eigenvalue weighted by atomic mass is 9.47. The molecule has 0 bridgehead atoms. The van der Waals surface area contributed by atoms with Crippen LogP contribution in [0.25, 0.3) is 0 Å². The molecule has 0 spiro atoms. The lowest BCUT2D eigenvalue weighted by Crippen LogP contribution is -2.51. The molecule has 3 fully saturated rings. The number of primary amides is 1. The van der Waals surface area contributed by atoms with Gasteiger partial charge in [0.2, 0.25) is 0 Å². The molecule has 0 aromatic rings. The number of ether oxygens (including phenoxy) is 3. The maximum Gasteiger partial charge on any atom is 0.404 e. The molecule has 0 aromatic heterocycles. The quantitative estimate of drug-likeness (QED) is 0.171. The second-order valence-corrected chi connectivity index (χ2v) is 14.4. The van der Waals surface area contributed by atoms with Gasteiger partial charge in [-0.2, -0.15) is 0 Å². The first-order chi connectivity index (χ1) is 19.6. The molecule has 3 saturated carbocycles. The van der Waals surface area contributed by atoms with Crippen LogP contribution < -0.4 is 17.2 Å². The lowest BCUT2D eigenvalue weighted by molar-refractivity contribution is -0.0578. The summed E-state index contributed by atoms with van der Waals surface area (Å²) in [5.41, 5.74) is 18.1. The van der Waals surface area contributed by atoms with Gasteiger partial charge in [0.05, 0.1) is 26.4 Å². The fourth-order valence-electron chi connectivity index (χ4n) is 9.41. The average molecular weight is 578 g/mol. The number of fused-ring (bicyclic) bond motifs is 5. The van der Waals surface area contributed by atoms with Crippen molar-refractivity contribution in [1.82, 2.24) is 0 Å². The second kappa shape index (κ2) is 16.1. The smallest absolute Gasteiger partial charge is 0.404 e. The zero-order valence-electron chi connectivity index (χ0n) is 27.0. The molecule has 4 unspecified atom stereocenters. The Balaban J connectivity index is 0.000000397. The van der Waals surface area contributed by atoms with Gasteiger partial charge in [0.25, 0.3) is 0 Å². The maximum absolute atomic E-state index is 11.3. The average Bonchev–Trinajstić information content (AvgIpc) is 3.28. The van der Waals surface area contributed by atoms with Crippen molar-refractivity contribution in [3.05, 3.63) is 11.6 Å². The molecule has 238 valence electrons. The number of carbonyl (C=O) groups is 1. The highest BCUT2D eigenvalue weighted by Gasteiger charge is 2.59. The van der Waals surface area contributed by atoms with Crippen LogP contribution in [0, 0.1) is 46.3 Å². The predicted octanol–water partition coefficient (Wildman–Crippen LogP) is 6.43. The van der Waals surface area contributed by atoms with Crippen LogP contribution in [-0.4, -0.2) is 51.7 Å². The van der Waals surface area contributed by atoms with E-state index in [0.717, 1.165) is 54.8 Å². The van der Waals surface area contributed by atoms with Crippen LogP contribution in [0.2, 0.25) is 0 Å². The van der Waals surface area contributed by atoms with E-state index in [1.807, 2.05) is 0 Å². The fraction of sp³-hybridized carbons (Fsp3) is 0.912. The van der Waals surface area contributed by atoms with Crippen LogP contribution in [0.4, 0.5) is 4.79 Å². The van der Waals surface area contributed by atoms with Crippen molar-refractivity contribution in [3.8, 4) is 0 Å². The summed E-state index contributed by atoms with van der Waals surface area (Å²) in [6.07, 6.45) is 16.1. The summed E-state index contributed by atoms with van der Waals surface area (Å²) >= 11 is 0. The van der Waals surface area contributed by atoms with Crippen molar-refractivity contribution in [2.24, 2.45) is 63.5 Å². The molecule has 4 aliphatic carbocycles. The van der Waals surface area contributed by atoms with E-state index in [0.29, 0.717) is 50.3 Å². The van der Waals surface area contributed by atoms with Gasteiger partial charge >= 0.3 is 6.09 Å². The molecule has 0 saturated heterocycles. The summed E-state index contributed by atoms with van der Waals surface area (Å²) < 4.78 is 15.5. The van der Waals surface area contributed by atoms with Crippen molar-refractivity contribution in [2.75, 3.05) is 39.5 Å². The fourth-order valence-corrected chi connectivity index (χ4v) is 9.41. The molecule has 7 heteroatoms. The molecule has 4 rings (SSSR count). The molecule has 1 amide bonds. The third-order valence-electron chi connectivity index (χ3n) is 11.4. The molecule has 4 aliphatic rings. The SMILES string of the molecule is CC(C)CCC[C@@H](C)[C@H]1CCC2C3CC=C4CC(OC(N)=O)CC[C@]4(C)C3CC[C@@]21C.NCCOCCOCCN. The minimum Gasteiger partial charge on any atom is -0.446 e. The number of hydrogen-bond acceptors (Lipinski definition) is 6. The number of amides is 1. The minimum atomic E-state index is -0.615. The Morgan fingerprint density at radius 2 is 1.61 bits per heavy atom. The number of allylic oxidation sites excluding steroid dienone is 1. The summed E-state index contributed by atoms with van der Waals surface area (Å²) in [5, 5.41) is 0. The number of rotatable bonds is 13. The Morgan fingerprint density at radius 3 is 2.22 bits per heavy atom. The molecule has 41 heavy (non-hydrogen) atoms. The van der Waals surface area contributed by atoms with Crippen molar-refractivity contribution in [1.29, 1.82) is 0 Å². The van der Waals surface area contributed by atoms with Gasteiger partial charge in [0, 0.05) is 19.5 Å². The van der Waals surface area contributed by atoms with E-state index in [-0.39, 0.29) is 6.10 Å². The van der Waals surface area contributed by atoms with Gasteiger partial charge in [0.15, 0.2) is 0 Å². The number of hydrogen-bond donors (Lipinski definition) is 3. The van der Waals surface area contributed by atoms with Crippen molar-refractivity contribution in [3.63, 3.8) is 0 Å². The molecule has 0 aromatic carbocycles. The van der Waals surface area contributed by atoms with Gasteiger partial charge in [-0.15, -0.1) is 0 Å². The third-order valence-corrected chi connectivity index (χ3v) is 11.4. The summed E-state index contributed by atoms with van der Waals surface area (Å²) in [6.45, 7) is 16.0. The lowest BCUT2D eigenvalue weighted by Gasteiger charge is -2.58. The van der Waals surface area contributed by atoms with Crippen LogP contribution >= 0.6 is 0 Å². The topological polar surface area (TPSA) is 123 Å². The van der Waals surface area contributed by atoms with Crippen molar-refractivity contribution in [2.45, 2.75) is 111 Å².